The number of allylic oxidation sites excluding steroid dienone is 2. The van der Waals surface area contributed by atoms with E-state index in [1.165, 1.54) is 44.9 Å². The van der Waals surface area contributed by atoms with Crippen LogP contribution in [0.15, 0.2) is 12.2 Å². The molecule has 0 aromatic heterocycles. The zero-order chi connectivity index (χ0) is 10.6. The first-order chi connectivity index (χ1) is 6.85. The van der Waals surface area contributed by atoms with Crippen molar-refractivity contribution < 1.29 is 0 Å². The van der Waals surface area contributed by atoms with E-state index in [0.29, 0.717) is 0 Å². The minimum absolute atomic E-state index is 0.764. The van der Waals surface area contributed by atoms with E-state index in [1.54, 1.807) is 0 Å². The average Bonchev–Trinajstić information content (AvgIpc) is 2.21. The summed E-state index contributed by atoms with van der Waals surface area (Å²) >= 11 is 0. The fourth-order valence-electron chi connectivity index (χ4n) is 1.74. The molecule has 14 heavy (non-hydrogen) atoms. The minimum atomic E-state index is 0.764. The van der Waals surface area contributed by atoms with Crippen molar-refractivity contribution in [3.63, 3.8) is 0 Å². The average molecular weight is 194 g/mol. The zero-order valence-corrected chi connectivity index (χ0v) is 9.80. The van der Waals surface area contributed by atoms with Crippen molar-refractivity contribution in [3.8, 4) is 0 Å². The molecule has 0 aliphatic rings. The van der Waals surface area contributed by atoms with Crippen molar-refractivity contribution in [2.75, 3.05) is 0 Å². The Morgan fingerprint density at radius 3 is 2.29 bits per heavy atom. The van der Waals surface area contributed by atoms with Gasteiger partial charge in [-0.25, -0.2) is 0 Å². The SMILES string of the molecule is [CH2]C=CC(CC)CCCCCCC[CH2]. The molecule has 0 rings (SSSR count). The normalized spacial score (nSPS) is 13.6. The Bertz CT molecular complexity index is 124. The van der Waals surface area contributed by atoms with Gasteiger partial charge in [-0.1, -0.05) is 64.5 Å². The Kier molecular flexibility index (Phi) is 10.6. The third kappa shape index (κ3) is 8.34. The lowest BCUT2D eigenvalue weighted by Crippen LogP contribution is -1.94. The first-order valence-corrected chi connectivity index (χ1v) is 6.10. The van der Waals surface area contributed by atoms with Crippen molar-refractivity contribution >= 4 is 0 Å². The van der Waals surface area contributed by atoms with Gasteiger partial charge in [-0.2, -0.15) is 0 Å². The molecule has 0 nitrogen and oxygen atoms in total. The van der Waals surface area contributed by atoms with E-state index < -0.39 is 0 Å². The quantitative estimate of drug-likeness (QED) is 0.455. The minimum Gasteiger partial charge on any atom is -0.0880 e. The molecule has 0 aromatic carbocycles. The van der Waals surface area contributed by atoms with Crippen molar-refractivity contribution in [1.82, 2.24) is 0 Å². The van der Waals surface area contributed by atoms with Crippen LogP contribution in [0, 0.1) is 19.8 Å². The van der Waals surface area contributed by atoms with E-state index in [9.17, 15) is 0 Å². The summed E-state index contributed by atoms with van der Waals surface area (Å²) in [5.41, 5.74) is 0. The van der Waals surface area contributed by atoms with Gasteiger partial charge in [0, 0.05) is 0 Å². The van der Waals surface area contributed by atoms with E-state index in [4.69, 9.17) is 0 Å². The molecule has 1 unspecified atom stereocenters. The predicted octanol–water partition coefficient (Wildman–Crippen LogP) is 4.97. The second-order valence-electron chi connectivity index (χ2n) is 4.01. The summed E-state index contributed by atoms with van der Waals surface area (Å²) in [5, 5.41) is 0. The van der Waals surface area contributed by atoms with Crippen molar-refractivity contribution in [3.05, 3.63) is 26.0 Å². The van der Waals surface area contributed by atoms with E-state index in [1.807, 2.05) is 6.08 Å². The summed E-state index contributed by atoms with van der Waals surface area (Å²) in [7, 11) is 0. The Labute approximate surface area is 90.8 Å². The molecular formula is C14H26. The van der Waals surface area contributed by atoms with E-state index >= 15 is 0 Å². The van der Waals surface area contributed by atoms with E-state index in [2.05, 4.69) is 26.8 Å². The van der Waals surface area contributed by atoms with Gasteiger partial charge in [0.25, 0.3) is 0 Å². The summed E-state index contributed by atoms with van der Waals surface area (Å²) < 4.78 is 0. The van der Waals surface area contributed by atoms with Gasteiger partial charge in [0.05, 0.1) is 0 Å². The second-order valence-corrected chi connectivity index (χ2v) is 4.01. The maximum atomic E-state index is 3.85. The van der Waals surface area contributed by atoms with Gasteiger partial charge < -0.3 is 0 Å². The van der Waals surface area contributed by atoms with Crippen LogP contribution in [-0.4, -0.2) is 0 Å². The van der Waals surface area contributed by atoms with Crippen molar-refractivity contribution in [1.29, 1.82) is 0 Å². The van der Waals surface area contributed by atoms with Crippen LogP contribution in [0.2, 0.25) is 0 Å². The number of unbranched alkanes of at least 4 members (excludes halogenated alkanes) is 5. The number of rotatable bonds is 9. The molecule has 1 atom stereocenters. The first-order valence-electron chi connectivity index (χ1n) is 6.10. The largest absolute Gasteiger partial charge is 0.0880 e. The van der Waals surface area contributed by atoms with Crippen LogP contribution in [0.1, 0.15) is 58.3 Å². The summed E-state index contributed by atoms with van der Waals surface area (Å²) in [5.74, 6) is 0.764. The highest BCUT2D eigenvalue weighted by Crippen LogP contribution is 2.16. The van der Waals surface area contributed by atoms with Gasteiger partial charge in [-0.3, -0.25) is 0 Å². The highest BCUT2D eigenvalue weighted by Gasteiger charge is 2.00. The topological polar surface area (TPSA) is 0 Å². The molecule has 0 spiro atoms. The maximum absolute atomic E-state index is 3.85. The third-order valence-corrected chi connectivity index (χ3v) is 2.76. The molecule has 0 N–H and O–H groups in total. The maximum Gasteiger partial charge on any atom is -0.0236 e. The number of hydrogen-bond donors (Lipinski definition) is 0. The lowest BCUT2D eigenvalue weighted by atomic mass is 9.97. The molecule has 0 fully saturated rings. The second kappa shape index (κ2) is 10.8. The van der Waals surface area contributed by atoms with Crippen LogP contribution in [0.5, 0.6) is 0 Å². The van der Waals surface area contributed by atoms with Crippen LogP contribution in [-0.2, 0) is 0 Å². The van der Waals surface area contributed by atoms with E-state index in [0.717, 1.165) is 12.3 Å². The molecule has 0 aliphatic carbocycles. The summed E-state index contributed by atoms with van der Waals surface area (Å²) in [6.07, 6.45) is 14.7. The van der Waals surface area contributed by atoms with Gasteiger partial charge in [0.1, 0.15) is 0 Å². The monoisotopic (exact) mass is 194 g/mol. The Morgan fingerprint density at radius 2 is 1.71 bits per heavy atom. The molecule has 0 bridgehead atoms. The fraction of sp³-hybridized carbons (Fsp3) is 0.714. The molecular weight excluding hydrogens is 168 g/mol. The Hall–Kier alpha value is -0.260. The molecule has 0 aromatic rings. The molecule has 0 saturated carbocycles. The molecule has 2 radical (unpaired) electrons. The van der Waals surface area contributed by atoms with Gasteiger partial charge in [0.15, 0.2) is 0 Å². The molecule has 0 aliphatic heterocycles. The lowest BCUT2D eigenvalue weighted by molar-refractivity contribution is 0.510. The highest BCUT2D eigenvalue weighted by atomic mass is 14.1. The van der Waals surface area contributed by atoms with E-state index in [-0.39, 0.29) is 0 Å². The van der Waals surface area contributed by atoms with Crippen LogP contribution in [0.4, 0.5) is 0 Å². The molecule has 0 saturated heterocycles. The summed E-state index contributed by atoms with van der Waals surface area (Å²) in [6.45, 7) is 9.87. The molecule has 0 heteroatoms. The smallest absolute Gasteiger partial charge is 0.0236 e. The summed E-state index contributed by atoms with van der Waals surface area (Å²) in [6, 6.07) is 0. The predicted molar refractivity (Wildman–Crippen MR) is 66.0 cm³/mol. The van der Waals surface area contributed by atoms with Gasteiger partial charge >= 0.3 is 0 Å². The highest BCUT2D eigenvalue weighted by molar-refractivity contribution is 4.89. The van der Waals surface area contributed by atoms with Crippen LogP contribution >= 0.6 is 0 Å². The first kappa shape index (κ1) is 13.7. The van der Waals surface area contributed by atoms with Gasteiger partial charge in [0.2, 0.25) is 0 Å². The van der Waals surface area contributed by atoms with Crippen molar-refractivity contribution in [2.45, 2.75) is 58.3 Å². The zero-order valence-electron chi connectivity index (χ0n) is 9.80. The molecule has 0 amide bonds. The molecule has 82 valence electrons. The lowest BCUT2D eigenvalue weighted by Gasteiger charge is -2.09. The fourth-order valence-corrected chi connectivity index (χ4v) is 1.74. The summed E-state index contributed by atoms with van der Waals surface area (Å²) in [4.78, 5) is 0. The van der Waals surface area contributed by atoms with Crippen LogP contribution < -0.4 is 0 Å². The Balaban J connectivity index is 3.24. The number of hydrogen-bond acceptors (Lipinski definition) is 0. The van der Waals surface area contributed by atoms with Gasteiger partial charge in [-0.05, 0) is 25.7 Å². The van der Waals surface area contributed by atoms with Crippen LogP contribution in [0.3, 0.4) is 0 Å². The van der Waals surface area contributed by atoms with Gasteiger partial charge in [-0.15, -0.1) is 0 Å². The molecule has 0 heterocycles. The standard InChI is InChI=1S/C14H26/c1-4-7-8-9-10-11-13-14(6-3)12-5-2/h5,12,14H,1-2,4,6-11,13H2,3H3. The Morgan fingerprint density at radius 1 is 1.07 bits per heavy atom. The van der Waals surface area contributed by atoms with Crippen molar-refractivity contribution in [2.24, 2.45) is 5.92 Å². The third-order valence-electron chi connectivity index (χ3n) is 2.76. The van der Waals surface area contributed by atoms with Crippen LogP contribution in [0.25, 0.3) is 0 Å².